The molecule has 0 bridgehead atoms. The molecule has 1 atom stereocenters. The molecule has 3 heteroatoms. The Morgan fingerprint density at radius 1 is 1.33 bits per heavy atom. The molecule has 0 radical (unpaired) electrons. The number of benzene rings is 1. The maximum absolute atomic E-state index is 9.14. The van der Waals surface area contributed by atoms with E-state index in [0.29, 0.717) is 5.92 Å². The average Bonchev–Trinajstić information content (AvgIpc) is 2.83. The van der Waals surface area contributed by atoms with Gasteiger partial charge in [-0.3, -0.25) is 0 Å². The summed E-state index contributed by atoms with van der Waals surface area (Å²) in [6.45, 7) is 5.69. The van der Waals surface area contributed by atoms with E-state index in [2.05, 4.69) is 22.4 Å². The van der Waals surface area contributed by atoms with Gasteiger partial charge in [0.1, 0.15) is 0 Å². The van der Waals surface area contributed by atoms with Crippen molar-refractivity contribution < 1.29 is 0 Å². The molecule has 1 heterocycles. The molecule has 1 aliphatic carbocycles. The first-order valence-corrected chi connectivity index (χ1v) is 6.83. The van der Waals surface area contributed by atoms with Gasteiger partial charge in [0.25, 0.3) is 0 Å². The molecule has 2 aliphatic rings. The lowest BCUT2D eigenvalue weighted by molar-refractivity contribution is 0.226. The van der Waals surface area contributed by atoms with Crippen molar-refractivity contribution in [3.05, 3.63) is 34.9 Å². The number of hydrogen-bond acceptors (Lipinski definition) is 3. The highest BCUT2D eigenvalue weighted by molar-refractivity contribution is 5.47. The molecule has 1 aromatic rings. The van der Waals surface area contributed by atoms with Gasteiger partial charge in [0.2, 0.25) is 0 Å². The molecule has 0 amide bonds. The maximum atomic E-state index is 9.14. The first-order valence-electron chi connectivity index (χ1n) is 6.83. The van der Waals surface area contributed by atoms with Crippen LogP contribution in [0.1, 0.15) is 29.0 Å². The Bertz CT molecular complexity index is 469. The fourth-order valence-corrected chi connectivity index (χ4v) is 3.24. The summed E-state index contributed by atoms with van der Waals surface area (Å²) in [7, 11) is 0. The van der Waals surface area contributed by atoms with E-state index in [1.165, 1.54) is 17.5 Å². The highest BCUT2D eigenvalue weighted by atomic mass is 15.2. The van der Waals surface area contributed by atoms with E-state index in [4.69, 9.17) is 5.26 Å². The van der Waals surface area contributed by atoms with E-state index in [1.807, 2.05) is 12.1 Å². The Kier molecular flexibility index (Phi) is 3.31. The number of nitrogens with zero attached hydrogens (tertiary/aromatic N) is 2. The van der Waals surface area contributed by atoms with Crippen LogP contribution in [0.2, 0.25) is 0 Å². The zero-order valence-electron chi connectivity index (χ0n) is 10.7. The molecule has 0 spiro atoms. The monoisotopic (exact) mass is 241 g/mol. The molecule has 3 nitrogen and oxygen atoms in total. The Hall–Kier alpha value is -1.37. The smallest absolute Gasteiger partial charge is 0.0994 e. The van der Waals surface area contributed by atoms with Gasteiger partial charge in [-0.1, -0.05) is 12.1 Å². The van der Waals surface area contributed by atoms with Crippen molar-refractivity contribution in [1.29, 1.82) is 5.26 Å². The fourth-order valence-electron chi connectivity index (χ4n) is 3.24. The molecule has 1 aliphatic heterocycles. The van der Waals surface area contributed by atoms with Crippen molar-refractivity contribution in [3.8, 4) is 6.07 Å². The van der Waals surface area contributed by atoms with Gasteiger partial charge in [-0.25, -0.2) is 0 Å². The Balaban J connectivity index is 1.76. The second-order valence-electron chi connectivity index (χ2n) is 5.27. The standard InChI is InChI=1S/C15H19N3/c16-10-12-2-1-3-14-13(4-5-15(12)14)11-18-8-6-17-7-9-18/h1-3,13,17H,4-9,11H2. The van der Waals surface area contributed by atoms with Crippen LogP contribution in [0.25, 0.3) is 0 Å². The molecular formula is C15H19N3. The molecule has 3 rings (SSSR count). The van der Waals surface area contributed by atoms with Gasteiger partial charge in [0, 0.05) is 32.7 Å². The first-order chi connectivity index (χ1) is 8.88. The fraction of sp³-hybridized carbons (Fsp3) is 0.533. The van der Waals surface area contributed by atoms with E-state index < -0.39 is 0 Å². The second kappa shape index (κ2) is 5.09. The largest absolute Gasteiger partial charge is 0.314 e. The Morgan fingerprint density at radius 3 is 2.94 bits per heavy atom. The van der Waals surface area contributed by atoms with Crippen LogP contribution >= 0.6 is 0 Å². The summed E-state index contributed by atoms with van der Waals surface area (Å²) in [5, 5.41) is 12.5. The van der Waals surface area contributed by atoms with Crippen molar-refractivity contribution in [1.82, 2.24) is 10.2 Å². The summed E-state index contributed by atoms with van der Waals surface area (Å²) in [5.41, 5.74) is 3.61. The van der Waals surface area contributed by atoms with Crippen LogP contribution in [-0.4, -0.2) is 37.6 Å². The summed E-state index contributed by atoms with van der Waals surface area (Å²) < 4.78 is 0. The van der Waals surface area contributed by atoms with Crippen molar-refractivity contribution >= 4 is 0 Å². The van der Waals surface area contributed by atoms with Gasteiger partial charge in [0.15, 0.2) is 0 Å². The van der Waals surface area contributed by atoms with Crippen LogP contribution in [-0.2, 0) is 6.42 Å². The van der Waals surface area contributed by atoms with Crippen molar-refractivity contribution in [2.75, 3.05) is 32.7 Å². The van der Waals surface area contributed by atoms with Crippen LogP contribution in [0.3, 0.4) is 0 Å². The zero-order valence-corrected chi connectivity index (χ0v) is 10.7. The zero-order chi connectivity index (χ0) is 12.4. The number of rotatable bonds is 2. The van der Waals surface area contributed by atoms with Gasteiger partial charge in [-0.15, -0.1) is 0 Å². The predicted molar refractivity (Wildman–Crippen MR) is 71.5 cm³/mol. The number of fused-ring (bicyclic) bond motifs is 1. The molecule has 1 unspecified atom stereocenters. The van der Waals surface area contributed by atoms with E-state index in [-0.39, 0.29) is 0 Å². The quantitative estimate of drug-likeness (QED) is 0.852. The van der Waals surface area contributed by atoms with E-state index in [9.17, 15) is 0 Å². The van der Waals surface area contributed by atoms with Gasteiger partial charge in [0.05, 0.1) is 11.6 Å². The minimum absolute atomic E-state index is 0.631. The third kappa shape index (κ3) is 2.14. The van der Waals surface area contributed by atoms with Crippen LogP contribution in [0, 0.1) is 11.3 Å². The summed E-state index contributed by atoms with van der Waals surface area (Å²) in [4.78, 5) is 2.55. The predicted octanol–water partition coefficient (Wildman–Crippen LogP) is 1.49. The second-order valence-corrected chi connectivity index (χ2v) is 5.27. The van der Waals surface area contributed by atoms with Crippen molar-refractivity contribution in [3.63, 3.8) is 0 Å². The van der Waals surface area contributed by atoms with Crippen LogP contribution in [0.5, 0.6) is 0 Å². The highest BCUT2D eigenvalue weighted by Gasteiger charge is 2.26. The molecule has 1 saturated heterocycles. The van der Waals surface area contributed by atoms with Crippen LogP contribution < -0.4 is 5.32 Å². The van der Waals surface area contributed by atoms with E-state index in [0.717, 1.165) is 44.7 Å². The molecule has 1 aromatic carbocycles. The topological polar surface area (TPSA) is 39.1 Å². The Morgan fingerprint density at radius 2 is 2.17 bits per heavy atom. The van der Waals surface area contributed by atoms with E-state index in [1.54, 1.807) is 0 Å². The highest BCUT2D eigenvalue weighted by Crippen LogP contribution is 2.35. The van der Waals surface area contributed by atoms with Gasteiger partial charge in [-0.05, 0) is 36.0 Å². The molecule has 1 fully saturated rings. The molecule has 94 valence electrons. The van der Waals surface area contributed by atoms with Crippen LogP contribution in [0.4, 0.5) is 0 Å². The summed E-state index contributed by atoms with van der Waals surface area (Å²) in [6, 6.07) is 8.53. The SMILES string of the molecule is N#Cc1cccc2c1CCC2CN1CCNCC1. The summed E-state index contributed by atoms with van der Waals surface area (Å²) in [5.74, 6) is 0.631. The molecule has 0 saturated carbocycles. The lowest BCUT2D eigenvalue weighted by atomic mass is 9.98. The summed E-state index contributed by atoms with van der Waals surface area (Å²) >= 11 is 0. The maximum Gasteiger partial charge on any atom is 0.0994 e. The molecule has 1 N–H and O–H groups in total. The minimum Gasteiger partial charge on any atom is -0.314 e. The van der Waals surface area contributed by atoms with Crippen molar-refractivity contribution in [2.24, 2.45) is 0 Å². The molecule has 0 aromatic heterocycles. The number of nitrogens with one attached hydrogen (secondary N) is 1. The van der Waals surface area contributed by atoms with Gasteiger partial charge >= 0.3 is 0 Å². The molecule has 18 heavy (non-hydrogen) atoms. The minimum atomic E-state index is 0.631. The Labute approximate surface area is 108 Å². The van der Waals surface area contributed by atoms with Crippen molar-refractivity contribution in [2.45, 2.75) is 18.8 Å². The van der Waals surface area contributed by atoms with Gasteiger partial charge in [-0.2, -0.15) is 5.26 Å². The third-order valence-electron chi connectivity index (χ3n) is 4.20. The average molecular weight is 241 g/mol. The summed E-state index contributed by atoms with van der Waals surface area (Å²) in [6.07, 6.45) is 2.29. The number of nitriles is 1. The number of piperazine rings is 1. The third-order valence-corrected chi connectivity index (χ3v) is 4.20. The normalized spacial score (nSPS) is 23.6. The van der Waals surface area contributed by atoms with Gasteiger partial charge < -0.3 is 10.2 Å². The first kappa shape index (κ1) is 11.7. The number of hydrogen-bond donors (Lipinski definition) is 1. The molecular weight excluding hydrogens is 222 g/mol. The lowest BCUT2D eigenvalue weighted by Gasteiger charge is -2.29. The van der Waals surface area contributed by atoms with Crippen LogP contribution in [0.15, 0.2) is 18.2 Å². The van der Waals surface area contributed by atoms with E-state index >= 15 is 0 Å². The lowest BCUT2D eigenvalue weighted by Crippen LogP contribution is -2.44.